The highest BCUT2D eigenvalue weighted by atomic mass is 32.2. The molecule has 0 fully saturated rings. The maximum Gasteiger partial charge on any atom is 0.260 e. The van der Waals surface area contributed by atoms with E-state index in [9.17, 15) is 13.2 Å². The van der Waals surface area contributed by atoms with Crippen molar-refractivity contribution in [2.24, 2.45) is 0 Å². The topological polar surface area (TPSA) is 92.7 Å². The maximum atomic E-state index is 14.0. The number of carbonyl (C=O) groups is 1. The van der Waals surface area contributed by atoms with Gasteiger partial charge in [0.25, 0.3) is 5.91 Å². The first-order chi connectivity index (χ1) is 20.2. The number of fused-ring (bicyclic) bond motifs is 1. The second kappa shape index (κ2) is 12.4. The minimum absolute atomic E-state index is 0.128. The molecule has 0 aliphatic rings. The Morgan fingerprint density at radius 2 is 1.64 bits per heavy atom. The van der Waals surface area contributed by atoms with Crippen molar-refractivity contribution in [3.8, 4) is 5.75 Å². The molecule has 0 radical (unpaired) electrons. The van der Waals surface area contributed by atoms with E-state index in [2.05, 4.69) is 4.98 Å². The van der Waals surface area contributed by atoms with Crippen LogP contribution in [-0.4, -0.2) is 41.7 Å². The zero-order chi connectivity index (χ0) is 29.9. The highest BCUT2D eigenvalue weighted by Crippen LogP contribution is 2.37. The van der Waals surface area contributed by atoms with Crippen LogP contribution in [0.4, 0.5) is 5.13 Å². The first-order valence-electron chi connectivity index (χ1n) is 13.5. The van der Waals surface area contributed by atoms with Crippen LogP contribution in [0.15, 0.2) is 96.2 Å². The minimum Gasteiger partial charge on any atom is -0.494 e. The number of aryl methyl sites for hydroxylation is 1. The second-order valence-electron chi connectivity index (χ2n) is 10.2. The predicted octanol–water partition coefficient (Wildman–Crippen LogP) is 6.45. The van der Waals surface area contributed by atoms with Crippen LogP contribution in [0.3, 0.4) is 0 Å². The average molecular weight is 601 g/mol. The highest BCUT2D eigenvalue weighted by molar-refractivity contribution is 7.89. The van der Waals surface area contributed by atoms with Gasteiger partial charge in [0.2, 0.25) is 10.0 Å². The van der Waals surface area contributed by atoms with E-state index in [4.69, 9.17) is 9.72 Å². The molecule has 0 aliphatic heterocycles. The molecule has 0 atom stereocenters. The number of hydrogen-bond donors (Lipinski definition) is 0. The lowest BCUT2D eigenvalue weighted by Crippen LogP contribution is -2.36. The summed E-state index contributed by atoms with van der Waals surface area (Å²) in [4.78, 5) is 24.7. The van der Waals surface area contributed by atoms with Gasteiger partial charge >= 0.3 is 0 Å². The van der Waals surface area contributed by atoms with Crippen molar-refractivity contribution in [3.05, 3.63) is 114 Å². The van der Waals surface area contributed by atoms with Gasteiger partial charge in [-0.25, -0.2) is 13.4 Å². The van der Waals surface area contributed by atoms with E-state index >= 15 is 0 Å². The number of sulfonamides is 1. The maximum absolute atomic E-state index is 14.0. The van der Waals surface area contributed by atoms with Crippen molar-refractivity contribution in [2.75, 3.05) is 12.0 Å². The Morgan fingerprint density at radius 1 is 0.929 bits per heavy atom. The number of thiazole rings is 1. The number of amides is 1. The molecule has 8 nitrogen and oxygen atoms in total. The number of pyridine rings is 1. The lowest BCUT2D eigenvalue weighted by atomic mass is 10.2. The summed E-state index contributed by atoms with van der Waals surface area (Å²) in [6, 6.07) is 22.9. The zero-order valence-electron chi connectivity index (χ0n) is 23.9. The Labute approximate surface area is 250 Å². The third-order valence-corrected chi connectivity index (χ3v) is 10.2. The van der Waals surface area contributed by atoms with Crippen LogP contribution in [0.25, 0.3) is 10.2 Å². The van der Waals surface area contributed by atoms with Crippen molar-refractivity contribution in [1.82, 2.24) is 14.3 Å². The summed E-state index contributed by atoms with van der Waals surface area (Å²) < 4.78 is 35.2. The molecule has 0 saturated carbocycles. The molecule has 0 aliphatic carbocycles. The first kappa shape index (κ1) is 29.4. The van der Waals surface area contributed by atoms with Gasteiger partial charge in [-0.1, -0.05) is 53.8 Å². The largest absolute Gasteiger partial charge is 0.494 e. The van der Waals surface area contributed by atoms with Gasteiger partial charge in [-0.2, -0.15) is 4.31 Å². The summed E-state index contributed by atoms with van der Waals surface area (Å²) in [6.07, 6.45) is 3.39. The number of hydrogen-bond acceptors (Lipinski definition) is 7. The quantitative estimate of drug-likeness (QED) is 0.183. The number of nitrogens with zero attached hydrogens (tertiary/aromatic N) is 4. The monoisotopic (exact) mass is 600 g/mol. The van der Waals surface area contributed by atoms with E-state index in [1.807, 2.05) is 75.4 Å². The molecule has 0 N–H and O–H groups in total. The van der Waals surface area contributed by atoms with E-state index in [-0.39, 0.29) is 29.9 Å². The summed E-state index contributed by atoms with van der Waals surface area (Å²) in [5.74, 6) is 0.329. The fourth-order valence-electron chi connectivity index (χ4n) is 4.65. The molecule has 0 unspecified atom stereocenters. The van der Waals surface area contributed by atoms with E-state index in [0.717, 1.165) is 21.4 Å². The number of aromatic nitrogens is 2. The lowest BCUT2D eigenvalue weighted by molar-refractivity contribution is 0.0985. The molecule has 0 spiro atoms. The Balaban J connectivity index is 1.49. The fraction of sp³-hybridized carbons (Fsp3) is 0.219. The number of ether oxygens (including phenoxy) is 1. The van der Waals surface area contributed by atoms with E-state index in [1.54, 1.807) is 36.5 Å². The number of rotatable bonds is 10. The van der Waals surface area contributed by atoms with Crippen molar-refractivity contribution >= 4 is 42.6 Å². The molecular weight excluding hydrogens is 569 g/mol. The van der Waals surface area contributed by atoms with Crippen LogP contribution in [0.5, 0.6) is 5.75 Å². The van der Waals surface area contributed by atoms with Gasteiger partial charge in [-0.15, -0.1) is 0 Å². The SMILES string of the molecule is COc1ccc(C)c2sc(N(Cc3cccnc3)C(=O)c3ccc(S(=O)(=O)N(Cc4ccccc4)C(C)C)cc3)nc12. The van der Waals surface area contributed by atoms with Gasteiger partial charge < -0.3 is 4.74 Å². The molecule has 1 amide bonds. The normalized spacial score (nSPS) is 11.8. The Bertz CT molecular complexity index is 1790. The summed E-state index contributed by atoms with van der Waals surface area (Å²) in [5.41, 5.74) is 3.80. The van der Waals surface area contributed by atoms with Crippen molar-refractivity contribution in [2.45, 2.75) is 44.8 Å². The molecule has 5 aromatic rings. The van der Waals surface area contributed by atoms with E-state index in [0.29, 0.717) is 22.0 Å². The Hall–Kier alpha value is -4.12. The number of carbonyl (C=O) groups excluding carboxylic acids is 1. The van der Waals surface area contributed by atoms with Crippen LogP contribution in [0.2, 0.25) is 0 Å². The zero-order valence-corrected chi connectivity index (χ0v) is 25.5. The molecule has 2 aromatic heterocycles. The third-order valence-electron chi connectivity index (χ3n) is 6.92. The van der Waals surface area contributed by atoms with Crippen LogP contribution >= 0.6 is 11.3 Å². The molecule has 216 valence electrons. The Morgan fingerprint density at radius 3 is 2.29 bits per heavy atom. The highest BCUT2D eigenvalue weighted by Gasteiger charge is 2.28. The first-order valence-corrected chi connectivity index (χ1v) is 15.8. The van der Waals surface area contributed by atoms with Gasteiger partial charge in [0.15, 0.2) is 5.13 Å². The predicted molar refractivity (Wildman–Crippen MR) is 166 cm³/mol. The van der Waals surface area contributed by atoms with Crippen LogP contribution < -0.4 is 9.64 Å². The van der Waals surface area contributed by atoms with Crippen molar-refractivity contribution in [1.29, 1.82) is 0 Å². The standard InChI is InChI=1S/C32H32N4O4S2/c1-22(2)36(21-24-9-6-5-7-10-24)42(38,39)27-15-13-26(14-16-27)31(37)35(20-25-11-8-18-33-19-25)32-34-29-28(40-4)17-12-23(3)30(29)41-32/h5-19,22H,20-21H2,1-4H3. The number of anilines is 1. The van der Waals surface area contributed by atoms with Crippen molar-refractivity contribution in [3.63, 3.8) is 0 Å². The second-order valence-corrected chi connectivity index (χ2v) is 13.0. The molecular formula is C32H32N4O4S2. The summed E-state index contributed by atoms with van der Waals surface area (Å²) in [5, 5.41) is 0.511. The molecule has 0 bridgehead atoms. The minimum atomic E-state index is -3.82. The van der Waals surface area contributed by atoms with Crippen molar-refractivity contribution < 1.29 is 17.9 Å². The summed E-state index contributed by atoms with van der Waals surface area (Å²) in [6.45, 7) is 6.19. The number of methoxy groups -OCH3 is 1. The molecule has 5 rings (SSSR count). The van der Waals surface area contributed by atoms with E-state index < -0.39 is 10.0 Å². The molecule has 0 saturated heterocycles. The van der Waals surface area contributed by atoms with Crippen LogP contribution in [0, 0.1) is 6.92 Å². The van der Waals surface area contributed by atoms with Gasteiger partial charge in [0, 0.05) is 30.5 Å². The molecule has 42 heavy (non-hydrogen) atoms. The Kier molecular flexibility index (Phi) is 8.67. The van der Waals surface area contributed by atoms with E-state index in [1.165, 1.54) is 27.8 Å². The van der Waals surface area contributed by atoms with Gasteiger partial charge in [-0.05, 0) is 73.9 Å². The smallest absolute Gasteiger partial charge is 0.260 e. The van der Waals surface area contributed by atoms with Gasteiger partial charge in [0.1, 0.15) is 11.3 Å². The lowest BCUT2D eigenvalue weighted by Gasteiger charge is -2.26. The van der Waals surface area contributed by atoms with Crippen LogP contribution in [-0.2, 0) is 23.1 Å². The molecule has 10 heteroatoms. The molecule has 2 heterocycles. The van der Waals surface area contributed by atoms with Gasteiger partial charge in [-0.3, -0.25) is 14.7 Å². The van der Waals surface area contributed by atoms with Gasteiger partial charge in [0.05, 0.1) is 23.2 Å². The molecule has 3 aromatic carbocycles. The fourth-order valence-corrected chi connectivity index (χ4v) is 7.32. The average Bonchev–Trinajstić information content (AvgIpc) is 3.46. The summed E-state index contributed by atoms with van der Waals surface area (Å²) in [7, 11) is -2.22. The summed E-state index contributed by atoms with van der Waals surface area (Å²) >= 11 is 1.41. The van der Waals surface area contributed by atoms with Crippen LogP contribution in [0.1, 0.15) is 40.9 Å². The third kappa shape index (κ3) is 6.06. The number of benzene rings is 3.